The molecule has 74 heavy (non-hydrogen) atoms. The molecule has 3 heterocycles. The van der Waals surface area contributed by atoms with E-state index in [0.717, 1.165) is 105 Å². The van der Waals surface area contributed by atoms with Gasteiger partial charge < -0.3 is 4.57 Å². The molecule has 0 bridgehead atoms. The van der Waals surface area contributed by atoms with Gasteiger partial charge in [0.25, 0.3) is 0 Å². The smallest absolute Gasteiger partial charge is 0.238 e. The van der Waals surface area contributed by atoms with E-state index < -0.39 is 0 Å². The molecule has 14 aromatic rings. The summed E-state index contributed by atoms with van der Waals surface area (Å²) in [4.78, 5) is 16.4. The van der Waals surface area contributed by atoms with Gasteiger partial charge in [0.1, 0.15) is 0 Å². The van der Waals surface area contributed by atoms with Crippen LogP contribution in [0.2, 0.25) is 0 Å². The number of fused-ring (bicyclic) bond motifs is 7. The predicted octanol–water partition coefficient (Wildman–Crippen LogP) is 17.7. The van der Waals surface area contributed by atoms with Crippen LogP contribution in [0.25, 0.3) is 134 Å². The van der Waals surface area contributed by atoms with Gasteiger partial charge in [0.2, 0.25) is 5.95 Å². The van der Waals surface area contributed by atoms with Gasteiger partial charge in [0.05, 0.1) is 27.8 Å². The lowest BCUT2D eigenvalue weighted by Gasteiger charge is -2.17. The first-order valence-corrected chi connectivity index (χ1v) is 25.1. The summed E-state index contributed by atoms with van der Waals surface area (Å²) in [7, 11) is 0. The lowest BCUT2D eigenvalue weighted by atomic mass is 9.95. The lowest BCUT2D eigenvalue weighted by molar-refractivity contribution is 0.953. The number of nitrogens with zero attached hydrogens (tertiary/aromatic N) is 5. The Bertz CT molecular complexity index is 4300. The van der Waals surface area contributed by atoms with Crippen LogP contribution in [0.5, 0.6) is 0 Å². The third-order valence-corrected chi connectivity index (χ3v) is 14.4. The monoisotopic (exact) mass is 943 g/mol. The highest BCUT2D eigenvalue weighted by atomic mass is 15.2. The summed E-state index contributed by atoms with van der Waals surface area (Å²) in [5.41, 5.74) is 18.4. The Morgan fingerprint density at radius 2 is 0.595 bits per heavy atom. The Hall–Kier alpha value is -9.97. The van der Waals surface area contributed by atoms with Gasteiger partial charge in [0.15, 0.2) is 11.6 Å². The van der Waals surface area contributed by atoms with E-state index >= 15 is 0 Å². The van der Waals surface area contributed by atoms with Crippen molar-refractivity contribution >= 4 is 43.6 Å². The standard InChI is InChI=1S/C69H45N5/c1-5-20-46(21-6-1)50-28-17-31-53(42-50)54-38-41-64(61(45-54)49-26-11-4-12-27-49)73-62-36-15-13-34-57(62)59-39-40-60-58-35-14-16-37-63(58)74(66(60)65(59)73)69-71-67(55-32-18-29-51(43-55)47-22-7-2-8-23-47)70-68(72-69)56-33-19-30-52(44-56)48-24-9-3-10-25-48/h1-45H. The lowest BCUT2D eigenvalue weighted by Crippen LogP contribution is -2.07. The maximum Gasteiger partial charge on any atom is 0.238 e. The highest BCUT2D eigenvalue weighted by molar-refractivity contribution is 6.24. The van der Waals surface area contributed by atoms with E-state index in [2.05, 4.69) is 270 Å². The molecule has 11 aromatic carbocycles. The Morgan fingerprint density at radius 3 is 1.09 bits per heavy atom. The van der Waals surface area contributed by atoms with Crippen LogP contribution in [0.3, 0.4) is 0 Å². The molecule has 0 saturated heterocycles. The maximum atomic E-state index is 5.52. The Balaban J connectivity index is 1.05. The van der Waals surface area contributed by atoms with Gasteiger partial charge in [0, 0.05) is 38.2 Å². The van der Waals surface area contributed by atoms with Crippen molar-refractivity contribution < 1.29 is 0 Å². The molecule has 0 amide bonds. The molecule has 5 nitrogen and oxygen atoms in total. The largest absolute Gasteiger partial charge is 0.307 e. The van der Waals surface area contributed by atoms with Gasteiger partial charge in [-0.05, 0) is 92.5 Å². The van der Waals surface area contributed by atoms with Gasteiger partial charge in [-0.2, -0.15) is 9.97 Å². The molecular formula is C69H45N5. The highest BCUT2D eigenvalue weighted by Crippen LogP contribution is 2.44. The summed E-state index contributed by atoms with van der Waals surface area (Å²) in [6.45, 7) is 0. The minimum atomic E-state index is 0.535. The van der Waals surface area contributed by atoms with E-state index in [1.165, 1.54) is 11.1 Å². The molecule has 0 aliphatic rings. The van der Waals surface area contributed by atoms with Crippen LogP contribution in [0.4, 0.5) is 0 Å². The number of para-hydroxylation sites is 2. The first kappa shape index (κ1) is 42.9. The molecule has 0 N–H and O–H groups in total. The highest BCUT2D eigenvalue weighted by Gasteiger charge is 2.25. The van der Waals surface area contributed by atoms with Crippen LogP contribution in [0.15, 0.2) is 273 Å². The van der Waals surface area contributed by atoms with Gasteiger partial charge in [-0.3, -0.25) is 4.57 Å². The zero-order chi connectivity index (χ0) is 49.0. The Kier molecular flexibility index (Phi) is 10.4. The van der Waals surface area contributed by atoms with Crippen LogP contribution < -0.4 is 0 Å². The normalized spacial score (nSPS) is 11.5. The molecule has 0 aliphatic heterocycles. The van der Waals surface area contributed by atoms with Gasteiger partial charge in [-0.25, -0.2) is 4.98 Å². The van der Waals surface area contributed by atoms with Crippen LogP contribution in [0, 0.1) is 0 Å². The van der Waals surface area contributed by atoms with Gasteiger partial charge in [-0.1, -0.05) is 231 Å². The quantitative estimate of drug-likeness (QED) is 0.145. The minimum Gasteiger partial charge on any atom is -0.307 e. The van der Waals surface area contributed by atoms with Gasteiger partial charge >= 0.3 is 0 Å². The zero-order valence-electron chi connectivity index (χ0n) is 40.2. The molecule has 3 aromatic heterocycles. The average molecular weight is 944 g/mol. The van der Waals surface area contributed by atoms with E-state index in [-0.39, 0.29) is 0 Å². The summed E-state index contributed by atoms with van der Waals surface area (Å²) >= 11 is 0. The number of hydrogen-bond donors (Lipinski definition) is 0. The minimum absolute atomic E-state index is 0.535. The third kappa shape index (κ3) is 7.46. The second-order valence-corrected chi connectivity index (χ2v) is 18.8. The van der Waals surface area contributed by atoms with E-state index in [4.69, 9.17) is 15.0 Å². The Morgan fingerprint density at radius 1 is 0.230 bits per heavy atom. The average Bonchev–Trinajstić information content (AvgIpc) is 4.07. The first-order chi connectivity index (χ1) is 36.7. The zero-order valence-corrected chi connectivity index (χ0v) is 40.2. The fourth-order valence-electron chi connectivity index (χ4n) is 10.9. The molecule has 0 spiro atoms. The second kappa shape index (κ2) is 18.0. The maximum absolute atomic E-state index is 5.52. The van der Waals surface area contributed by atoms with Crippen molar-refractivity contribution in [3.05, 3.63) is 273 Å². The number of hydrogen-bond acceptors (Lipinski definition) is 3. The molecule has 346 valence electrons. The summed E-state index contributed by atoms with van der Waals surface area (Å²) in [6, 6.07) is 97.2. The SMILES string of the molecule is c1ccc(-c2cccc(-c3ccc(-n4c5ccccc5c5ccc6c7ccccc7n(-c7nc(-c8cccc(-c9ccccc9)c8)nc(-c8cccc(-c9ccccc9)c8)n7)c6c54)c(-c4ccccc4)c3)c2)cc1. The summed E-state index contributed by atoms with van der Waals surface area (Å²) in [6.07, 6.45) is 0. The molecule has 0 fully saturated rings. The molecule has 0 radical (unpaired) electrons. The summed E-state index contributed by atoms with van der Waals surface area (Å²) < 4.78 is 4.76. The summed E-state index contributed by atoms with van der Waals surface area (Å²) in [5, 5.41) is 4.51. The van der Waals surface area contributed by atoms with Crippen molar-refractivity contribution in [3.63, 3.8) is 0 Å². The van der Waals surface area contributed by atoms with Crippen molar-refractivity contribution in [1.82, 2.24) is 24.1 Å². The van der Waals surface area contributed by atoms with E-state index in [0.29, 0.717) is 17.6 Å². The molecule has 14 rings (SSSR count). The van der Waals surface area contributed by atoms with Crippen LogP contribution >= 0.6 is 0 Å². The van der Waals surface area contributed by atoms with Crippen LogP contribution in [-0.4, -0.2) is 24.1 Å². The van der Waals surface area contributed by atoms with Crippen molar-refractivity contribution in [1.29, 1.82) is 0 Å². The molecule has 0 atom stereocenters. The molecule has 0 saturated carbocycles. The third-order valence-electron chi connectivity index (χ3n) is 14.4. The number of aromatic nitrogens is 5. The molecule has 5 heteroatoms. The second-order valence-electron chi connectivity index (χ2n) is 18.8. The molecule has 0 aliphatic carbocycles. The van der Waals surface area contributed by atoms with Crippen molar-refractivity contribution in [2.75, 3.05) is 0 Å². The molecular weight excluding hydrogens is 899 g/mol. The summed E-state index contributed by atoms with van der Waals surface area (Å²) in [5.74, 6) is 1.71. The van der Waals surface area contributed by atoms with E-state index in [9.17, 15) is 0 Å². The van der Waals surface area contributed by atoms with Crippen molar-refractivity contribution in [3.8, 4) is 90.0 Å². The van der Waals surface area contributed by atoms with Gasteiger partial charge in [-0.15, -0.1) is 0 Å². The van der Waals surface area contributed by atoms with Crippen LogP contribution in [0.1, 0.15) is 0 Å². The fourth-order valence-corrected chi connectivity index (χ4v) is 10.9. The number of benzene rings is 11. The van der Waals surface area contributed by atoms with Crippen molar-refractivity contribution in [2.45, 2.75) is 0 Å². The molecule has 0 unspecified atom stereocenters. The van der Waals surface area contributed by atoms with Crippen LogP contribution in [-0.2, 0) is 0 Å². The number of rotatable bonds is 9. The van der Waals surface area contributed by atoms with E-state index in [1.54, 1.807) is 0 Å². The van der Waals surface area contributed by atoms with E-state index in [1.807, 2.05) is 12.1 Å². The van der Waals surface area contributed by atoms with Crippen molar-refractivity contribution in [2.24, 2.45) is 0 Å². The topological polar surface area (TPSA) is 48.5 Å². The fraction of sp³-hybridized carbons (Fsp3) is 0. The Labute approximate surface area is 428 Å². The predicted molar refractivity (Wildman–Crippen MR) is 307 cm³/mol. The first-order valence-electron chi connectivity index (χ1n) is 25.1.